The lowest BCUT2D eigenvalue weighted by atomic mass is 10.2. The van der Waals surface area contributed by atoms with Crippen molar-refractivity contribution in [1.29, 1.82) is 0 Å². The number of nitro groups is 1. The number of methoxy groups -OCH3 is 1. The highest BCUT2D eigenvalue weighted by molar-refractivity contribution is 9.10. The molecule has 1 aromatic heterocycles. The summed E-state index contributed by atoms with van der Waals surface area (Å²) >= 11 is 6.54. The van der Waals surface area contributed by atoms with Gasteiger partial charge in [-0.15, -0.1) is 0 Å². The van der Waals surface area contributed by atoms with Crippen LogP contribution in [0.25, 0.3) is 0 Å². The Labute approximate surface area is 110 Å². The van der Waals surface area contributed by atoms with Crippen molar-refractivity contribution in [2.45, 2.75) is 11.2 Å². The van der Waals surface area contributed by atoms with Crippen molar-refractivity contribution in [3.63, 3.8) is 0 Å². The molecule has 5 nitrogen and oxygen atoms in total. The highest BCUT2D eigenvalue weighted by atomic mass is 79.9. The van der Waals surface area contributed by atoms with Crippen molar-refractivity contribution in [2.24, 2.45) is 0 Å². The van der Waals surface area contributed by atoms with Crippen molar-refractivity contribution >= 4 is 37.5 Å². The van der Waals surface area contributed by atoms with Gasteiger partial charge in [-0.1, -0.05) is 15.9 Å². The maximum absolute atomic E-state index is 10.8. The number of halogens is 2. The fourth-order valence-corrected chi connectivity index (χ4v) is 2.11. The molecule has 0 amide bonds. The molecule has 0 aliphatic rings. The van der Waals surface area contributed by atoms with Gasteiger partial charge in [0.1, 0.15) is 5.69 Å². The number of hydrogen-bond donors (Lipinski definition) is 0. The van der Waals surface area contributed by atoms with Crippen LogP contribution in [-0.2, 0) is 11.2 Å². The summed E-state index contributed by atoms with van der Waals surface area (Å²) in [4.78, 5) is 14.4. The number of nitrogens with zero attached hydrogens (tertiary/aromatic N) is 2. The Hall–Kier alpha value is -0.530. The van der Waals surface area contributed by atoms with Crippen LogP contribution in [0.4, 0.5) is 5.69 Å². The van der Waals surface area contributed by atoms with E-state index >= 15 is 0 Å². The topological polar surface area (TPSA) is 65.3 Å². The highest BCUT2D eigenvalue weighted by Crippen LogP contribution is 2.23. The Bertz CT molecular complexity index is 387. The molecule has 7 heteroatoms. The Morgan fingerprint density at radius 2 is 2.38 bits per heavy atom. The lowest BCUT2D eigenvalue weighted by molar-refractivity contribution is -0.386. The molecule has 16 heavy (non-hydrogen) atoms. The van der Waals surface area contributed by atoms with Crippen molar-refractivity contribution < 1.29 is 9.66 Å². The summed E-state index contributed by atoms with van der Waals surface area (Å²) in [5, 5.41) is 10.8. The van der Waals surface area contributed by atoms with Crippen LogP contribution in [0.1, 0.15) is 5.69 Å². The summed E-state index contributed by atoms with van der Waals surface area (Å²) in [5.74, 6) is 0. The smallest absolute Gasteiger partial charge is 0.291 e. The molecule has 0 aromatic carbocycles. The van der Waals surface area contributed by atoms with Crippen molar-refractivity contribution in [3.05, 3.63) is 32.5 Å². The molecular formula is C9H10Br2N2O3. The van der Waals surface area contributed by atoms with E-state index in [1.54, 1.807) is 13.3 Å². The minimum Gasteiger partial charge on any atom is -0.384 e. The fourth-order valence-electron chi connectivity index (χ4n) is 1.22. The highest BCUT2D eigenvalue weighted by Gasteiger charge is 2.18. The summed E-state index contributed by atoms with van der Waals surface area (Å²) in [6.45, 7) is 0.481. The first-order valence-corrected chi connectivity index (χ1v) is 6.17. The molecule has 0 saturated heterocycles. The molecule has 0 fully saturated rings. The van der Waals surface area contributed by atoms with Gasteiger partial charge in [-0.3, -0.25) is 15.1 Å². The van der Waals surface area contributed by atoms with Crippen molar-refractivity contribution in [2.75, 3.05) is 13.7 Å². The number of ether oxygens (including phenoxy) is 1. The maximum atomic E-state index is 10.8. The zero-order valence-electron chi connectivity index (χ0n) is 8.52. The second-order valence-corrected chi connectivity index (χ2v) is 5.34. The van der Waals surface area contributed by atoms with Crippen LogP contribution in [0.5, 0.6) is 0 Å². The molecule has 0 aliphatic carbocycles. The number of alkyl halides is 1. The number of pyridine rings is 1. The van der Waals surface area contributed by atoms with Gasteiger partial charge in [0.2, 0.25) is 0 Å². The Kier molecular flexibility index (Phi) is 5.30. The molecule has 0 radical (unpaired) electrons. The van der Waals surface area contributed by atoms with Gasteiger partial charge in [0.15, 0.2) is 0 Å². The Morgan fingerprint density at radius 3 is 2.94 bits per heavy atom. The Balaban J connectivity index is 2.90. The van der Waals surface area contributed by atoms with Crippen LogP contribution in [-0.4, -0.2) is 28.5 Å². The molecule has 1 heterocycles. The standard InChI is InChI=1S/C9H10Br2N2O3/c1-16-5-7(11)2-8-9(13(14)15)3-6(10)4-12-8/h3-4,7H,2,5H2,1H3. The van der Waals surface area contributed by atoms with E-state index < -0.39 is 4.92 Å². The quantitative estimate of drug-likeness (QED) is 0.463. The van der Waals surface area contributed by atoms with Crippen LogP contribution in [0.15, 0.2) is 16.7 Å². The second kappa shape index (κ2) is 6.27. The summed E-state index contributed by atoms with van der Waals surface area (Å²) in [5.41, 5.74) is 0.474. The van der Waals surface area contributed by atoms with Gasteiger partial charge >= 0.3 is 0 Å². The van der Waals surface area contributed by atoms with Crippen molar-refractivity contribution in [3.8, 4) is 0 Å². The SMILES string of the molecule is COCC(Br)Cc1ncc(Br)cc1[N+](=O)[O-]. The van der Waals surface area contributed by atoms with Crippen LogP contribution in [0.2, 0.25) is 0 Å². The predicted octanol–water partition coefficient (Wildman–Crippen LogP) is 2.70. The lowest BCUT2D eigenvalue weighted by Crippen LogP contribution is -2.12. The zero-order chi connectivity index (χ0) is 12.1. The lowest BCUT2D eigenvalue weighted by Gasteiger charge is -2.08. The van der Waals surface area contributed by atoms with Crippen LogP contribution >= 0.6 is 31.9 Å². The van der Waals surface area contributed by atoms with Crippen molar-refractivity contribution in [1.82, 2.24) is 4.98 Å². The van der Waals surface area contributed by atoms with E-state index in [1.165, 1.54) is 6.07 Å². The Morgan fingerprint density at radius 1 is 1.69 bits per heavy atom. The normalized spacial score (nSPS) is 12.4. The van der Waals surface area contributed by atoms with E-state index in [-0.39, 0.29) is 10.5 Å². The van der Waals surface area contributed by atoms with Gasteiger partial charge in [0, 0.05) is 35.1 Å². The third-order valence-electron chi connectivity index (χ3n) is 1.87. The van der Waals surface area contributed by atoms with E-state index in [0.717, 1.165) is 0 Å². The van der Waals surface area contributed by atoms with Gasteiger partial charge in [0.25, 0.3) is 5.69 Å². The molecule has 1 unspecified atom stereocenters. The first-order valence-electron chi connectivity index (χ1n) is 4.46. The van der Waals surface area contributed by atoms with E-state index in [0.29, 0.717) is 23.2 Å². The van der Waals surface area contributed by atoms with E-state index in [2.05, 4.69) is 36.8 Å². The first-order chi connectivity index (χ1) is 7.54. The molecule has 0 saturated carbocycles. The minimum atomic E-state index is -0.431. The van der Waals surface area contributed by atoms with E-state index in [1.807, 2.05) is 0 Å². The number of aromatic nitrogens is 1. The molecule has 0 bridgehead atoms. The molecule has 0 spiro atoms. The van der Waals surface area contributed by atoms with Gasteiger partial charge in [-0.25, -0.2) is 0 Å². The van der Waals surface area contributed by atoms with E-state index in [4.69, 9.17) is 4.74 Å². The molecular weight excluding hydrogens is 344 g/mol. The van der Waals surface area contributed by atoms with Gasteiger partial charge in [-0.2, -0.15) is 0 Å². The molecule has 0 aliphatic heterocycles. The third-order valence-corrected chi connectivity index (χ3v) is 2.89. The summed E-state index contributed by atoms with van der Waals surface area (Å²) in [6, 6.07) is 1.45. The predicted molar refractivity (Wildman–Crippen MR) is 66.9 cm³/mol. The molecule has 0 N–H and O–H groups in total. The molecule has 1 aromatic rings. The van der Waals surface area contributed by atoms with Gasteiger partial charge in [0.05, 0.1) is 11.5 Å². The minimum absolute atomic E-state index is 0.0184. The average Bonchev–Trinajstić information content (AvgIpc) is 2.20. The maximum Gasteiger partial charge on any atom is 0.291 e. The fraction of sp³-hybridized carbons (Fsp3) is 0.444. The zero-order valence-corrected chi connectivity index (χ0v) is 11.7. The van der Waals surface area contributed by atoms with Crippen LogP contribution in [0.3, 0.4) is 0 Å². The molecule has 1 rings (SSSR count). The van der Waals surface area contributed by atoms with Crippen LogP contribution < -0.4 is 0 Å². The summed E-state index contributed by atoms with van der Waals surface area (Å²) in [7, 11) is 1.58. The van der Waals surface area contributed by atoms with Gasteiger partial charge in [-0.05, 0) is 15.9 Å². The summed E-state index contributed by atoms with van der Waals surface area (Å²) < 4.78 is 5.54. The summed E-state index contributed by atoms with van der Waals surface area (Å²) in [6.07, 6.45) is 2.01. The first kappa shape index (κ1) is 13.5. The third kappa shape index (κ3) is 3.80. The second-order valence-electron chi connectivity index (χ2n) is 3.13. The van der Waals surface area contributed by atoms with Crippen LogP contribution in [0, 0.1) is 10.1 Å². The number of rotatable bonds is 5. The average molecular weight is 354 g/mol. The monoisotopic (exact) mass is 352 g/mol. The molecule has 88 valence electrons. The molecule has 1 atom stereocenters. The van der Waals surface area contributed by atoms with E-state index in [9.17, 15) is 10.1 Å². The van der Waals surface area contributed by atoms with Gasteiger partial charge < -0.3 is 4.74 Å². The largest absolute Gasteiger partial charge is 0.384 e. The number of hydrogen-bond acceptors (Lipinski definition) is 4.